The molecule has 0 spiro atoms. The molecule has 0 amide bonds. The maximum absolute atomic E-state index is 5.91. The van der Waals surface area contributed by atoms with Gasteiger partial charge in [-0.1, -0.05) is 25.6 Å². The van der Waals surface area contributed by atoms with E-state index in [-0.39, 0.29) is 6.10 Å². The van der Waals surface area contributed by atoms with Gasteiger partial charge in [0, 0.05) is 17.2 Å². The van der Waals surface area contributed by atoms with Crippen LogP contribution in [0, 0.1) is 5.92 Å². The van der Waals surface area contributed by atoms with Gasteiger partial charge in [0.15, 0.2) is 11.5 Å². The lowest BCUT2D eigenvalue weighted by Crippen LogP contribution is -3.15. The molecule has 160 valence electrons. The third kappa shape index (κ3) is 5.55. The van der Waals surface area contributed by atoms with E-state index in [4.69, 9.17) is 23.4 Å². The van der Waals surface area contributed by atoms with Crippen molar-refractivity contribution in [1.29, 1.82) is 0 Å². The Balaban J connectivity index is 1.65. The molecule has 1 saturated heterocycles. The minimum Gasteiger partial charge on any atom is -0.493 e. The van der Waals surface area contributed by atoms with Crippen LogP contribution in [0.15, 0.2) is 21.8 Å². The highest BCUT2D eigenvalue weighted by atomic mass is 32.2. The predicted molar refractivity (Wildman–Crippen MR) is 110 cm³/mol. The van der Waals surface area contributed by atoms with Crippen molar-refractivity contribution in [2.24, 2.45) is 5.92 Å². The zero-order chi connectivity index (χ0) is 20.8. The number of morpholine rings is 1. The third-order valence-corrected chi connectivity index (χ3v) is 5.68. The van der Waals surface area contributed by atoms with Crippen molar-refractivity contribution in [2.45, 2.75) is 25.2 Å². The number of methoxy groups -OCH3 is 3. The van der Waals surface area contributed by atoms with Gasteiger partial charge in [0.1, 0.15) is 19.2 Å². The molecule has 0 saturated carbocycles. The molecule has 2 aromatic rings. The van der Waals surface area contributed by atoms with Gasteiger partial charge in [-0.05, 0) is 12.1 Å². The molecule has 29 heavy (non-hydrogen) atoms. The number of rotatable bonds is 9. The highest BCUT2D eigenvalue weighted by Gasteiger charge is 2.25. The Kier molecular flexibility index (Phi) is 7.63. The lowest BCUT2D eigenvalue weighted by atomic mass is 10.2. The molecule has 1 fully saturated rings. The molecule has 1 aliphatic heterocycles. The van der Waals surface area contributed by atoms with Crippen molar-refractivity contribution in [3.8, 4) is 28.7 Å². The van der Waals surface area contributed by atoms with Crippen molar-refractivity contribution >= 4 is 11.8 Å². The van der Waals surface area contributed by atoms with Gasteiger partial charge in [-0.15, -0.1) is 10.2 Å². The number of benzene rings is 1. The molecule has 2 heterocycles. The summed E-state index contributed by atoms with van der Waals surface area (Å²) < 4.78 is 27.9. The maximum Gasteiger partial charge on any atom is 0.276 e. The average molecular weight is 425 g/mol. The monoisotopic (exact) mass is 424 g/mol. The van der Waals surface area contributed by atoms with Crippen molar-refractivity contribution in [3.05, 3.63) is 12.1 Å². The smallest absolute Gasteiger partial charge is 0.276 e. The number of nitrogens with one attached hydrogen (secondary N) is 1. The van der Waals surface area contributed by atoms with Crippen LogP contribution in [0.1, 0.15) is 13.8 Å². The fourth-order valence-corrected chi connectivity index (χ4v) is 4.26. The van der Waals surface area contributed by atoms with Crippen LogP contribution in [0.25, 0.3) is 11.5 Å². The lowest BCUT2D eigenvalue weighted by molar-refractivity contribution is -0.914. The molecule has 0 aliphatic carbocycles. The van der Waals surface area contributed by atoms with Crippen LogP contribution in [-0.4, -0.2) is 69.6 Å². The molecule has 8 nitrogen and oxygen atoms in total. The van der Waals surface area contributed by atoms with Gasteiger partial charge >= 0.3 is 0 Å². The van der Waals surface area contributed by atoms with E-state index >= 15 is 0 Å². The topological polar surface area (TPSA) is 80.3 Å². The quantitative estimate of drug-likeness (QED) is 0.611. The first-order valence-corrected chi connectivity index (χ1v) is 10.7. The van der Waals surface area contributed by atoms with Crippen molar-refractivity contribution < 1.29 is 28.3 Å². The first-order chi connectivity index (χ1) is 14.0. The molecule has 0 radical (unpaired) electrons. The van der Waals surface area contributed by atoms with Gasteiger partial charge < -0.3 is 28.3 Å². The molecule has 1 aliphatic rings. The van der Waals surface area contributed by atoms with Gasteiger partial charge in [-0.25, -0.2) is 0 Å². The summed E-state index contributed by atoms with van der Waals surface area (Å²) in [6.07, 6.45) is 0.194. The van der Waals surface area contributed by atoms with E-state index in [2.05, 4.69) is 24.0 Å². The van der Waals surface area contributed by atoms with Crippen LogP contribution in [0.5, 0.6) is 17.2 Å². The van der Waals surface area contributed by atoms with Crippen LogP contribution < -0.4 is 19.1 Å². The summed E-state index contributed by atoms with van der Waals surface area (Å²) in [5, 5.41) is 8.87. The predicted octanol–water partition coefficient (Wildman–Crippen LogP) is 1.79. The number of thioether (sulfide) groups is 1. The number of nitrogens with zero attached hydrogens (tertiary/aromatic N) is 2. The van der Waals surface area contributed by atoms with E-state index in [1.165, 1.54) is 18.3 Å². The number of aromatic nitrogens is 2. The Morgan fingerprint density at radius 2 is 1.86 bits per heavy atom. The van der Waals surface area contributed by atoms with Crippen LogP contribution in [0.4, 0.5) is 0 Å². The van der Waals surface area contributed by atoms with Crippen molar-refractivity contribution in [1.82, 2.24) is 10.2 Å². The first kappa shape index (κ1) is 21.7. The largest absolute Gasteiger partial charge is 0.493 e. The maximum atomic E-state index is 5.91. The standard InChI is InChI=1S/C20H29N3O5S/c1-13(2)10-23-6-7-27-15(11-23)12-29-20-22-21-19(28-20)14-8-16(24-3)18(26-5)17(9-14)25-4/h8-9,13,15H,6-7,10-12H2,1-5H3/p+1/t15-/m1/s1. The molecule has 9 heteroatoms. The minimum absolute atomic E-state index is 0.194. The summed E-state index contributed by atoms with van der Waals surface area (Å²) in [5.41, 5.74) is 0.709. The van der Waals surface area contributed by atoms with E-state index in [9.17, 15) is 0 Å². The molecule has 1 unspecified atom stereocenters. The summed E-state index contributed by atoms with van der Waals surface area (Å²) >= 11 is 1.53. The fraction of sp³-hybridized carbons (Fsp3) is 0.600. The average Bonchev–Trinajstić information content (AvgIpc) is 3.20. The van der Waals surface area contributed by atoms with Gasteiger partial charge in [0.25, 0.3) is 5.22 Å². The highest BCUT2D eigenvalue weighted by molar-refractivity contribution is 7.99. The second-order valence-corrected chi connectivity index (χ2v) is 8.36. The first-order valence-electron chi connectivity index (χ1n) is 9.75. The highest BCUT2D eigenvalue weighted by Crippen LogP contribution is 2.41. The summed E-state index contributed by atoms with van der Waals surface area (Å²) in [4.78, 5) is 1.60. The molecule has 3 rings (SSSR count). The van der Waals surface area contributed by atoms with Gasteiger partial charge in [0.05, 0.1) is 34.5 Å². The number of ether oxygens (including phenoxy) is 4. The Morgan fingerprint density at radius 3 is 2.48 bits per heavy atom. The molecule has 1 N–H and O–H groups in total. The second kappa shape index (κ2) is 10.2. The van der Waals surface area contributed by atoms with Gasteiger partial charge in [-0.2, -0.15) is 0 Å². The van der Waals surface area contributed by atoms with Gasteiger partial charge in [0.2, 0.25) is 11.6 Å². The molecule has 0 bridgehead atoms. The third-order valence-electron chi connectivity index (χ3n) is 4.73. The summed E-state index contributed by atoms with van der Waals surface area (Å²) in [7, 11) is 4.72. The Labute approximate surface area is 175 Å². The molecular weight excluding hydrogens is 394 g/mol. The zero-order valence-electron chi connectivity index (χ0n) is 17.7. The second-order valence-electron chi connectivity index (χ2n) is 7.39. The number of quaternary nitrogens is 1. The lowest BCUT2D eigenvalue weighted by Gasteiger charge is -2.30. The normalized spacial score (nSPS) is 19.4. The summed E-state index contributed by atoms with van der Waals surface area (Å²) in [6, 6.07) is 3.58. The SMILES string of the molecule is COc1cc(-c2nnc(SC[C@H]3C[NH+](CC(C)C)CCO3)o2)cc(OC)c1OC. The van der Waals surface area contributed by atoms with Crippen LogP contribution in [-0.2, 0) is 4.74 Å². The Hall–Kier alpha value is -1.97. The van der Waals surface area contributed by atoms with Gasteiger partial charge in [-0.3, -0.25) is 0 Å². The van der Waals surface area contributed by atoms with Crippen LogP contribution in [0.3, 0.4) is 0 Å². The minimum atomic E-state index is 0.194. The molecule has 1 aromatic heterocycles. The van der Waals surface area contributed by atoms with E-state index in [0.717, 1.165) is 25.4 Å². The summed E-state index contributed by atoms with van der Waals surface area (Å²) in [5.74, 6) is 3.49. The van der Waals surface area contributed by atoms with Crippen LogP contribution in [0.2, 0.25) is 0 Å². The van der Waals surface area contributed by atoms with E-state index < -0.39 is 0 Å². The van der Waals surface area contributed by atoms with Crippen molar-refractivity contribution in [2.75, 3.05) is 53.3 Å². The van der Waals surface area contributed by atoms with E-state index in [0.29, 0.717) is 39.8 Å². The molecule has 1 aromatic carbocycles. The number of hydrogen-bond donors (Lipinski definition) is 1. The fourth-order valence-electron chi connectivity index (χ4n) is 3.48. The van der Waals surface area contributed by atoms with E-state index in [1.54, 1.807) is 38.4 Å². The van der Waals surface area contributed by atoms with Crippen LogP contribution >= 0.6 is 11.8 Å². The molecule has 2 atom stereocenters. The molecular formula is C20H30N3O5S+. The summed E-state index contributed by atoms with van der Waals surface area (Å²) in [6.45, 7) is 8.58. The zero-order valence-corrected chi connectivity index (χ0v) is 18.5. The Morgan fingerprint density at radius 1 is 1.14 bits per heavy atom. The number of hydrogen-bond acceptors (Lipinski definition) is 8. The van der Waals surface area contributed by atoms with E-state index in [1.807, 2.05) is 0 Å². The Bertz CT molecular complexity index is 773. The van der Waals surface area contributed by atoms with Crippen molar-refractivity contribution in [3.63, 3.8) is 0 Å².